The highest BCUT2D eigenvalue weighted by atomic mass is 19.1. The average molecular weight is 312 g/mol. The molecule has 2 rings (SSSR count). The monoisotopic (exact) mass is 312 g/mol. The van der Waals surface area contributed by atoms with E-state index in [2.05, 4.69) is 16.8 Å². The zero-order valence-corrected chi connectivity index (χ0v) is 13.1. The molecule has 0 amide bonds. The molecule has 0 bridgehead atoms. The van der Waals surface area contributed by atoms with Gasteiger partial charge in [-0.3, -0.25) is 4.90 Å². The van der Waals surface area contributed by atoms with Crippen molar-refractivity contribution < 1.29 is 19.0 Å². The molecule has 22 heavy (non-hydrogen) atoms. The van der Waals surface area contributed by atoms with E-state index in [0.717, 1.165) is 26.2 Å². The van der Waals surface area contributed by atoms with Gasteiger partial charge in [-0.2, -0.15) is 0 Å². The molecule has 1 fully saturated rings. The van der Waals surface area contributed by atoms with Gasteiger partial charge in [-0.25, -0.2) is 4.39 Å². The molecule has 1 N–H and O–H groups in total. The van der Waals surface area contributed by atoms with Gasteiger partial charge < -0.3 is 19.5 Å². The number of rotatable bonds is 8. The number of aliphatic hydroxyl groups is 1. The lowest BCUT2D eigenvalue weighted by molar-refractivity contribution is 0.00149. The average Bonchev–Trinajstić information content (AvgIpc) is 2.51. The van der Waals surface area contributed by atoms with Crippen molar-refractivity contribution in [1.82, 2.24) is 9.80 Å². The molecule has 6 heteroatoms. The van der Waals surface area contributed by atoms with E-state index in [1.165, 1.54) is 12.1 Å². The summed E-state index contributed by atoms with van der Waals surface area (Å²) in [7, 11) is 2.11. The van der Waals surface area contributed by atoms with Crippen molar-refractivity contribution in [2.24, 2.45) is 0 Å². The van der Waals surface area contributed by atoms with Crippen molar-refractivity contribution in [2.45, 2.75) is 6.10 Å². The van der Waals surface area contributed by atoms with Gasteiger partial charge in [0.05, 0.1) is 19.3 Å². The van der Waals surface area contributed by atoms with Crippen LogP contribution in [0.25, 0.3) is 0 Å². The molecule has 0 aliphatic carbocycles. The molecule has 1 unspecified atom stereocenters. The molecule has 0 spiro atoms. The smallest absolute Gasteiger partial charge is 0.123 e. The number of β-amino-alcohol motifs (C(OH)–C–C–N with tert-alkyl or cyclic N) is 1. The molecule has 1 aliphatic rings. The molecule has 1 aromatic carbocycles. The predicted molar refractivity (Wildman–Crippen MR) is 82.7 cm³/mol. The Balaban J connectivity index is 1.51. The molecule has 5 nitrogen and oxygen atoms in total. The van der Waals surface area contributed by atoms with Crippen molar-refractivity contribution in [3.05, 3.63) is 30.1 Å². The number of hydrogen-bond acceptors (Lipinski definition) is 5. The van der Waals surface area contributed by atoms with Crippen LogP contribution in [0.2, 0.25) is 0 Å². The highest BCUT2D eigenvalue weighted by Gasteiger charge is 2.16. The summed E-state index contributed by atoms with van der Waals surface area (Å²) in [5.41, 5.74) is 0. The number of nitrogens with zero attached hydrogens (tertiary/aromatic N) is 2. The van der Waals surface area contributed by atoms with Crippen LogP contribution in [0.5, 0.6) is 5.75 Å². The Morgan fingerprint density at radius 1 is 1.14 bits per heavy atom. The van der Waals surface area contributed by atoms with Crippen LogP contribution in [0.3, 0.4) is 0 Å². The Kier molecular flexibility index (Phi) is 7.05. The highest BCUT2D eigenvalue weighted by molar-refractivity contribution is 5.21. The maximum atomic E-state index is 12.7. The van der Waals surface area contributed by atoms with E-state index in [1.54, 1.807) is 12.1 Å². The van der Waals surface area contributed by atoms with Crippen molar-refractivity contribution in [2.75, 3.05) is 59.6 Å². The van der Waals surface area contributed by atoms with Gasteiger partial charge >= 0.3 is 0 Å². The first-order chi connectivity index (χ1) is 10.6. The summed E-state index contributed by atoms with van der Waals surface area (Å²) in [5.74, 6) is 0.332. The minimum atomic E-state index is -0.478. The molecular weight excluding hydrogens is 287 g/mol. The fraction of sp³-hybridized carbons (Fsp3) is 0.625. The zero-order valence-electron chi connectivity index (χ0n) is 13.1. The van der Waals surface area contributed by atoms with Gasteiger partial charge in [0.25, 0.3) is 0 Å². The first kappa shape index (κ1) is 17.1. The van der Waals surface area contributed by atoms with Gasteiger partial charge in [-0.1, -0.05) is 0 Å². The third-order valence-corrected chi connectivity index (χ3v) is 3.69. The van der Waals surface area contributed by atoms with Crippen LogP contribution in [0.1, 0.15) is 0 Å². The third-order valence-electron chi connectivity index (χ3n) is 3.69. The second-order valence-corrected chi connectivity index (χ2v) is 5.64. The number of halogens is 1. The molecular formula is C16H25FN2O3. The predicted octanol–water partition coefficient (Wildman–Crippen LogP) is 0.829. The number of aliphatic hydroxyl groups excluding tert-OH is 1. The lowest BCUT2D eigenvalue weighted by Gasteiger charge is -2.33. The van der Waals surface area contributed by atoms with Crippen LogP contribution in [-0.2, 0) is 4.74 Å². The van der Waals surface area contributed by atoms with Crippen LogP contribution in [0.4, 0.5) is 4.39 Å². The number of benzene rings is 1. The van der Waals surface area contributed by atoms with Crippen molar-refractivity contribution in [3.63, 3.8) is 0 Å². The van der Waals surface area contributed by atoms with E-state index in [0.29, 0.717) is 32.1 Å². The SMILES string of the molecule is CN1CCN(CC(O)COCCOc2ccc(F)cc2)CC1. The number of likely N-dealkylation sites (N-methyl/N-ethyl adjacent to an activating group) is 1. The molecule has 0 saturated carbocycles. The van der Waals surface area contributed by atoms with Crippen molar-refractivity contribution in [3.8, 4) is 5.75 Å². The Bertz CT molecular complexity index is 422. The Labute approximate surface area is 131 Å². The largest absolute Gasteiger partial charge is 0.491 e. The maximum Gasteiger partial charge on any atom is 0.123 e. The van der Waals surface area contributed by atoms with Gasteiger partial charge in [0.1, 0.15) is 18.2 Å². The Morgan fingerprint density at radius 2 is 1.82 bits per heavy atom. The summed E-state index contributed by atoms with van der Waals surface area (Å²) in [5, 5.41) is 9.95. The third kappa shape index (κ3) is 6.27. The fourth-order valence-electron chi connectivity index (χ4n) is 2.35. The summed E-state index contributed by atoms with van der Waals surface area (Å²) < 4.78 is 23.6. The second kappa shape index (κ2) is 9.05. The van der Waals surface area contributed by atoms with E-state index in [-0.39, 0.29) is 5.82 Å². The zero-order chi connectivity index (χ0) is 15.8. The summed E-state index contributed by atoms with van der Waals surface area (Å²) in [4.78, 5) is 4.54. The lowest BCUT2D eigenvalue weighted by Crippen LogP contribution is -2.47. The second-order valence-electron chi connectivity index (χ2n) is 5.64. The van der Waals surface area contributed by atoms with Crippen LogP contribution < -0.4 is 4.74 Å². The topological polar surface area (TPSA) is 45.2 Å². The number of ether oxygens (including phenoxy) is 2. The Hall–Kier alpha value is -1.21. The highest BCUT2D eigenvalue weighted by Crippen LogP contribution is 2.10. The molecule has 1 aliphatic heterocycles. The summed E-state index contributed by atoms with van der Waals surface area (Å²) in [6, 6.07) is 5.88. The standard InChI is InChI=1S/C16H25FN2O3/c1-18-6-8-19(9-7-18)12-15(20)13-21-10-11-22-16-4-2-14(17)3-5-16/h2-5,15,20H,6-13H2,1H3. The van der Waals surface area contributed by atoms with Gasteiger partial charge in [0.15, 0.2) is 0 Å². The van der Waals surface area contributed by atoms with Crippen LogP contribution >= 0.6 is 0 Å². The van der Waals surface area contributed by atoms with Crippen molar-refractivity contribution >= 4 is 0 Å². The molecule has 0 aromatic heterocycles. The summed E-state index contributed by atoms with van der Waals surface area (Å²) in [6.45, 7) is 5.79. The van der Waals surface area contributed by atoms with Gasteiger partial charge in [0, 0.05) is 32.7 Å². The fourth-order valence-corrected chi connectivity index (χ4v) is 2.35. The minimum Gasteiger partial charge on any atom is -0.491 e. The number of hydrogen-bond donors (Lipinski definition) is 1. The Morgan fingerprint density at radius 3 is 2.50 bits per heavy atom. The first-order valence-electron chi connectivity index (χ1n) is 7.68. The van der Waals surface area contributed by atoms with E-state index in [4.69, 9.17) is 9.47 Å². The van der Waals surface area contributed by atoms with Crippen LogP contribution in [0.15, 0.2) is 24.3 Å². The quantitative estimate of drug-likeness (QED) is 0.721. The van der Waals surface area contributed by atoms with E-state index >= 15 is 0 Å². The molecule has 1 heterocycles. The van der Waals surface area contributed by atoms with Gasteiger partial charge in [-0.15, -0.1) is 0 Å². The summed E-state index contributed by atoms with van der Waals surface area (Å²) in [6.07, 6.45) is -0.478. The summed E-state index contributed by atoms with van der Waals surface area (Å²) >= 11 is 0. The minimum absolute atomic E-state index is 0.282. The van der Waals surface area contributed by atoms with Crippen LogP contribution in [-0.4, -0.2) is 80.6 Å². The van der Waals surface area contributed by atoms with Gasteiger partial charge in [-0.05, 0) is 31.3 Å². The maximum absolute atomic E-state index is 12.7. The molecule has 1 saturated heterocycles. The van der Waals surface area contributed by atoms with Crippen LogP contribution in [0, 0.1) is 5.82 Å². The normalized spacial score (nSPS) is 18.3. The van der Waals surface area contributed by atoms with E-state index in [1.807, 2.05) is 0 Å². The van der Waals surface area contributed by atoms with Crippen molar-refractivity contribution in [1.29, 1.82) is 0 Å². The molecule has 124 valence electrons. The lowest BCUT2D eigenvalue weighted by atomic mass is 10.3. The van der Waals surface area contributed by atoms with E-state index < -0.39 is 6.10 Å². The van der Waals surface area contributed by atoms with E-state index in [9.17, 15) is 9.50 Å². The van der Waals surface area contributed by atoms with Gasteiger partial charge in [0.2, 0.25) is 0 Å². The molecule has 1 atom stereocenters. The molecule has 0 radical (unpaired) electrons. The number of piperazine rings is 1. The molecule has 1 aromatic rings. The first-order valence-corrected chi connectivity index (χ1v) is 7.68.